The van der Waals surface area contributed by atoms with E-state index in [-0.39, 0.29) is 17.9 Å². The Morgan fingerprint density at radius 1 is 1.04 bits per heavy atom. The molecule has 0 aliphatic heterocycles. The second-order valence-corrected chi connectivity index (χ2v) is 5.19. The summed E-state index contributed by atoms with van der Waals surface area (Å²) < 4.78 is 13.5. The zero-order chi connectivity index (χ0) is 16.7. The number of rotatable bonds is 7. The number of amides is 1. The highest BCUT2D eigenvalue weighted by Crippen LogP contribution is 2.14. The van der Waals surface area contributed by atoms with Crippen molar-refractivity contribution in [1.82, 2.24) is 5.32 Å². The predicted molar refractivity (Wildman–Crippen MR) is 84.8 cm³/mol. The van der Waals surface area contributed by atoms with Crippen LogP contribution in [0.3, 0.4) is 0 Å². The first kappa shape index (κ1) is 16.7. The van der Waals surface area contributed by atoms with E-state index in [0.29, 0.717) is 6.54 Å². The van der Waals surface area contributed by atoms with Gasteiger partial charge in [0.15, 0.2) is 0 Å². The van der Waals surface area contributed by atoms with Crippen LogP contribution in [0.5, 0.6) is 0 Å². The number of carbonyl (C=O) groups excluding carboxylic acids is 1. The van der Waals surface area contributed by atoms with E-state index in [1.54, 1.807) is 0 Å². The Morgan fingerprint density at radius 3 is 2.48 bits per heavy atom. The van der Waals surface area contributed by atoms with Crippen LogP contribution in [0.1, 0.15) is 27.9 Å². The maximum atomic E-state index is 13.5. The molecule has 5 heteroatoms. The van der Waals surface area contributed by atoms with E-state index in [0.717, 1.165) is 18.9 Å². The molecule has 0 spiro atoms. The molecule has 1 amide bonds. The van der Waals surface area contributed by atoms with Gasteiger partial charge in [0, 0.05) is 6.54 Å². The molecular formula is C18H18FNO3. The number of nitrogens with one attached hydrogen (secondary N) is 1. The molecule has 0 heterocycles. The second-order valence-electron chi connectivity index (χ2n) is 5.19. The highest BCUT2D eigenvalue weighted by atomic mass is 19.1. The molecule has 0 bridgehead atoms. The lowest BCUT2D eigenvalue weighted by Gasteiger charge is -2.08. The van der Waals surface area contributed by atoms with Gasteiger partial charge < -0.3 is 10.4 Å². The van der Waals surface area contributed by atoms with Crippen molar-refractivity contribution >= 4 is 11.9 Å². The minimum absolute atomic E-state index is 0.148. The summed E-state index contributed by atoms with van der Waals surface area (Å²) in [6.45, 7) is 0.492. The van der Waals surface area contributed by atoms with E-state index >= 15 is 0 Å². The second kappa shape index (κ2) is 8.08. The van der Waals surface area contributed by atoms with Crippen LogP contribution in [0.25, 0.3) is 0 Å². The fourth-order valence-electron chi connectivity index (χ4n) is 2.36. The number of aromatic carboxylic acids is 1. The topological polar surface area (TPSA) is 66.4 Å². The SMILES string of the molecule is O=C(Cc1cccc(F)c1C(=O)O)NCCCc1ccccc1. The molecule has 0 aliphatic rings. The number of hydrogen-bond acceptors (Lipinski definition) is 2. The molecule has 120 valence electrons. The lowest BCUT2D eigenvalue weighted by atomic mass is 10.0. The van der Waals surface area contributed by atoms with Gasteiger partial charge in [0.2, 0.25) is 5.91 Å². The van der Waals surface area contributed by atoms with Gasteiger partial charge in [-0.05, 0) is 30.0 Å². The first-order chi connectivity index (χ1) is 11.1. The number of halogens is 1. The highest BCUT2D eigenvalue weighted by Gasteiger charge is 2.17. The Morgan fingerprint density at radius 2 is 1.78 bits per heavy atom. The Bertz CT molecular complexity index is 686. The standard InChI is InChI=1S/C18H18FNO3/c19-15-10-4-9-14(17(15)18(22)23)12-16(21)20-11-5-8-13-6-2-1-3-7-13/h1-4,6-7,9-10H,5,8,11-12H2,(H,20,21)(H,22,23). The quantitative estimate of drug-likeness (QED) is 0.772. The molecule has 0 fully saturated rings. The summed E-state index contributed by atoms with van der Waals surface area (Å²) in [5, 5.41) is 11.8. The Hall–Kier alpha value is -2.69. The van der Waals surface area contributed by atoms with Gasteiger partial charge in [-0.15, -0.1) is 0 Å². The number of carboxylic acid groups (broad SMARTS) is 1. The van der Waals surface area contributed by atoms with Gasteiger partial charge in [0.05, 0.1) is 12.0 Å². The van der Waals surface area contributed by atoms with Crippen LogP contribution < -0.4 is 5.32 Å². The van der Waals surface area contributed by atoms with E-state index in [9.17, 15) is 14.0 Å². The summed E-state index contributed by atoms with van der Waals surface area (Å²) in [5.41, 5.74) is 0.935. The van der Waals surface area contributed by atoms with Crippen molar-refractivity contribution in [2.75, 3.05) is 6.54 Å². The highest BCUT2D eigenvalue weighted by molar-refractivity contribution is 5.92. The van der Waals surface area contributed by atoms with Crippen molar-refractivity contribution in [2.45, 2.75) is 19.3 Å². The number of hydrogen-bond donors (Lipinski definition) is 2. The monoisotopic (exact) mass is 315 g/mol. The van der Waals surface area contributed by atoms with Crippen LogP contribution in [-0.2, 0) is 17.6 Å². The molecule has 2 rings (SSSR count). The van der Waals surface area contributed by atoms with Crippen LogP contribution in [0, 0.1) is 5.82 Å². The molecule has 0 saturated carbocycles. The summed E-state index contributed by atoms with van der Waals surface area (Å²) in [4.78, 5) is 23.0. The van der Waals surface area contributed by atoms with Crippen molar-refractivity contribution in [3.63, 3.8) is 0 Å². The maximum absolute atomic E-state index is 13.5. The number of carbonyl (C=O) groups is 2. The maximum Gasteiger partial charge on any atom is 0.338 e. The predicted octanol–water partition coefficient (Wildman–Crippen LogP) is 2.82. The lowest BCUT2D eigenvalue weighted by Crippen LogP contribution is -2.27. The summed E-state index contributed by atoms with van der Waals surface area (Å²) >= 11 is 0. The van der Waals surface area contributed by atoms with Crippen molar-refractivity contribution in [3.8, 4) is 0 Å². The van der Waals surface area contributed by atoms with E-state index in [4.69, 9.17) is 5.11 Å². The van der Waals surface area contributed by atoms with Crippen LogP contribution in [0.4, 0.5) is 4.39 Å². The fraction of sp³-hybridized carbons (Fsp3) is 0.222. The summed E-state index contributed by atoms with van der Waals surface area (Å²) in [5.74, 6) is -2.51. The average Bonchev–Trinajstić information content (AvgIpc) is 2.52. The average molecular weight is 315 g/mol. The Labute approximate surface area is 134 Å². The molecule has 2 N–H and O–H groups in total. The van der Waals surface area contributed by atoms with E-state index in [1.165, 1.54) is 17.7 Å². The zero-order valence-corrected chi connectivity index (χ0v) is 12.6. The van der Waals surface area contributed by atoms with Gasteiger partial charge in [-0.3, -0.25) is 4.79 Å². The Kier molecular flexibility index (Phi) is 5.86. The normalized spacial score (nSPS) is 10.3. The van der Waals surface area contributed by atoms with Crippen LogP contribution in [0.15, 0.2) is 48.5 Å². The largest absolute Gasteiger partial charge is 0.478 e. The summed E-state index contributed by atoms with van der Waals surface area (Å²) in [6, 6.07) is 13.9. The molecular weight excluding hydrogens is 297 g/mol. The number of benzene rings is 2. The van der Waals surface area contributed by atoms with Crippen LogP contribution >= 0.6 is 0 Å². The van der Waals surface area contributed by atoms with Gasteiger partial charge in [-0.1, -0.05) is 42.5 Å². The molecule has 2 aromatic rings. The molecule has 0 aliphatic carbocycles. The van der Waals surface area contributed by atoms with Gasteiger partial charge in [0.1, 0.15) is 5.82 Å². The van der Waals surface area contributed by atoms with Gasteiger partial charge in [0.25, 0.3) is 0 Å². The molecule has 0 atom stereocenters. The van der Waals surface area contributed by atoms with Crippen LogP contribution in [0.2, 0.25) is 0 Å². The molecule has 0 radical (unpaired) electrons. The lowest BCUT2D eigenvalue weighted by molar-refractivity contribution is -0.120. The van der Waals surface area contributed by atoms with Crippen LogP contribution in [-0.4, -0.2) is 23.5 Å². The third kappa shape index (κ3) is 4.92. The van der Waals surface area contributed by atoms with Crippen molar-refractivity contribution in [2.24, 2.45) is 0 Å². The van der Waals surface area contributed by atoms with Crippen molar-refractivity contribution < 1.29 is 19.1 Å². The molecule has 0 saturated heterocycles. The van der Waals surface area contributed by atoms with E-state index < -0.39 is 17.3 Å². The van der Waals surface area contributed by atoms with Gasteiger partial charge in [-0.25, -0.2) is 9.18 Å². The first-order valence-corrected chi connectivity index (χ1v) is 7.39. The third-order valence-electron chi connectivity index (χ3n) is 3.47. The smallest absolute Gasteiger partial charge is 0.338 e. The first-order valence-electron chi connectivity index (χ1n) is 7.39. The minimum Gasteiger partial charge on any atom is -0.478 e. The molecule has 4 nitrogen and oxygen atoms in total. The molecule has 0 unspecified atom stereocenters. The Balaban J connectivity index is 1.84. The fourth-order valence-corrected chi connectivity index (χ4v) is 2.36. The van der Waals surface area contributed by atoms with Crippen molar-refractivity contribution in [1.29, 1.82) is 0 Å². The van der Waals surface area contributed by atoms with Crippen molar-refractivity contribution in [3.05, 3.63) is 71.0 Å². The zero-order valence-electron chi connectivity index (χ0n) is 12.6. The number of carboxylic acids is 1. The molecule has 0 aromatic heterocycles. The van der Waals surface area contributed by atoms with E-state index in [2.05, 4.69) is 5.32 Å². The van der Waals surface area contributed by atoms with Gasteiger partial charge in [-0.2, -0.15) is 0 Å². The summed E-state index contributed by atoms with van der Waals surface area (Å²) in [6.07, 6.45) is 1.48. The molecule has 2 aromatic carbocycles. The van der Waals surface area contributed by atoms with E-state index in [1.807, 2.05) is 30.3 Å². The summed E-state index contributed by atoms with van der Waals surface area (Å²) in [7, 11) is 0. The third-order valence-corrected chi connectivity index (χ3v) is 3.47. The molecule has 23 heavy (non-hydrogen) atoms. The minimum atomic E-state index is -1.37. The van der Waals surface area contributed by atoms with Gasteiger partial charge >= 0.3 is 5.97 Å². The number of aryl methyl sites for hydroxylation is 1.